The first-order valence-electron chi connectivity index (χ1n) is 3.17. The Morgan fingerprint density at radius 3 is 1.05 bits per heavy atom. The van der Waals surface area contributed by atoms with E-state index in [-0.39, 0.29) is 219 Å². The number of phosphoric acid groups is 2. The van der Waals surface area contributed by atoms with Gasteiger partial charge in [-0.3, -0.25) is 0 Å². The van der Waals surface area contributed by atoms with Gasteiger partial charge in [-0.1, -0.05) is 0 Å². The molecule has 19 heavy (non-hydrogen) atoms. The Kier molecular flexibility index (Phi) is 48.3. The molecule has 0 aromatic carbocycles. The average molecular weight is 422 g/mol. The number of rotatable bonds is 4. The molecule has 0 rings (SSSR count). The predicted octanol–water partition coefficient (Wildman–Crippen LogP) is -17.0. The van der Waals surface area contributed by atoms with Crippen molar-refractivity contribution in [2.45, 2.75) is 6.10 Å². The van der Waals surface area contributed by atoms with Crippen molar-refractivity contribution < 1.29 is 254 Å². The fraction of sp³-hybridized carbons (Fsp3) is 1.00. The first kappa shape index (κ1) is 40.4. The minimum absolute atomic E-state index is 0. The predicted molar refractivity (Wildman–Crippen MR) is 36.5 cm³/mol. The summed E-state index contributed by atoms with van der Waals surface area (Å²) in [6, 6.07) is 0. The van der Waals surface area contributed by atoms with Crippen LogP contribution >= 0.6 is 15.6 Å². The largest absolute Gasteiger partial charge is 1.00 e. The Balaban J connectivity index is -0.0000000385. The van der Waals surface area contributed by atoms with Gasteiger partial charge in [-0.2, -0.15) is 0 Å². The van der Waals surface area contributed by atoms with Crippen molar-refractivity contribution in [1.29, 1.82) is 0 Å². The van der Waals surface area contributed by atoms with Crippen molar-refractivity contribution in [3.8, 4) is 0 Å². The summed E-state index contributed by atoms with van der Waals surface area (Å²) < 4.78 is 21.2. The quantitative estimate of drug-likeness (QED) is 0.289. The van der Waals surface area contributed by atoms with Gasteiger partial charge in [0.1, 0.15) is 6.10 Å². The Morgan fingerprint density at radius 1 is 0.842 bits per heavy atom. The summed E-state index contributed by atoms with van der Waals surface area (Å²) in [5.74, 6) is 0. The van der Waals surface area contributed by atoms with Gasteiger partial charge in [-0.05, 0) is 0 Å². The summed E-state index contributed by atoms with van der Waals surface area (Å²) in [5, 5.41) is 24.0. The molecule has 10 nitrogen and oxygen atoms in total. The molecule has 94 valence electrons. The average Bonchev–Trinajstić information content (AvgIpc) is 1.97. The molecule has 3 N–H and O–H groups in total. The molecule has 0 aliphatic rings. The summed E-state index contributed by atoms with van der Waals surface area (Å²) >= 11 is 0. The standard InChI is InChI=1S/C3H8O3.4K.H4O7P2/c4-1-3(6)2-5;;;;;1-8(2,3)7-9(4,5)6/h3-6H,1-2H2;;;;;(H2,1,2,3)(H2,4,5,6)/q;4*+1;/p-4. The topological polar surface area (TPSA) is 196 Å². The summed E-state index contributed by atoms with van der Waals surface area (Å²) in [4.78, 5) is 37.3. The van der Waals surface area contributed by atoms with Gasteiger partial charge in [-0.25, -0.2) is 0 Å². The van der Waals surface area contributed by atoms with Gasteiger partial charge in [0.25, 0.3) is 0 Å². The Morgan fingerprint density at radius 2 is 1.05 bits per heavy atom. The van der Waals surface area contributed by atoms with E-state index in [9.17, 15) is 28.7 Å². The van der Waals surface area contributed by atoms with Gasteiger partial charge >= 0.3 is 206 Å². The molecule has 16 heteroatoms. The van der Waals surface area contributed by atoms with Crippen LogP contribution in [0.3, 0.4) is 0 Å². The molecule has 0 atom stereocenters. The second kappa shape index (κ2) is 22.7. The number of hydrogen-bond acceptors (Lipinski definition) is 10. The maximum absolute atomic E-state index is 9.32. The van der Waals surface area contributed by atoms with Gasteiger partial charge in [0.2, 0.25) is 0 Å². The Hall–Kier alpha value is 6.69. The van der Waals surface area contributed by atoms with Crippen LogP contribution in [0.5, 0.6) is 0 Å². The maximum Gasteiger partial charge on any atom is 1.00 e. The molecule has 0 spiro atoms. The normalized spacial score (nSPS) is 9.68. The third kappa shape index (κ3) is 45.6. The SMILES string of the molecule is O=P([O-])([O-])OP(=O)([O-])[O-].OCC(O)CO.[K+].[K+].[K+].[K+]. The van der Waals surface area contributed by atoms with E-state index in [0.29, 0.717) is 0 Å². The zero-order chi connectivity index (χ0) is 12.7. The zero-order valence-corrected chi connectivity index (χ0v) is 25.4. The third-order valence-corrected chi connectivity index (χ3v) is 2.22. The summed E-state index contributed by atoms with van der Waals surface area (Å²) in [5.41, 5.74) is 0. The molecule has 0 bridgehead atoms. The summed E-state index contributed by atoms with van der Waals surface area (Å²) in [7, 11) is -11.4. The maximum atomic E-state index is 9.32. The molecule has 0 aromatic rings. The molecule has 0 fully saturated rings. The van der Waals surface area contributed by atoms with Crippen molar-refractivity contribution in [2.24, 2.45) is 0 Å². The fourth-order valence-electron chi connectivity index (χ4n) is 0.180. The molecular weight excluding hydrogens is 414 g/mol. The fourth-order valence-corrected chi connectivity index (χ4v) is 1.16. The van der Waals surface area contributed by atoms with E-state index >= 15 is 0 Å². The number of aliphatic hydroxyl groups is 3. The van der Waals surface area contributed by atoms with E-state index in [2.05, 4.69) is 4.31 Å². The van der Waals surface area contributed by atoms with E-state index in [1.165, 1.54) is 0 Å². The minimum atomic E-state index is -5.68. The molecule has 0 aliphatic carbocycles. The molecule has 0 saturated heterocycles. The molecule has 0 saturated carbocycles. The van der Waals surface area contributed by atoms with E-state index in [1.54, 1.807) is 0 Å². The third-order valence-electron chi connectivity index (χ3n) is 0.621. The molecular formula is C3H8K4O10P2. The molecule has 0 radical (unpaired) electrons. The zero-order valence-electron chi connectivity index (χ0n) is 11.1. The Labute approximate surface area is 280 Å². The van der Waals surface area contributed by atoms with Crippen LogP contribution < -0.4 is 225 Å². The van der Waals surface area contributed by atoms with Gasteiger partial charge < -0.3 is 48.3 Å². The first-order chi connectivity index (χ1) is 6.52. The van der Waals surface area contributed by atoms with Crippen LogP contribution in [-0.2, 0) is 13.4 Å². The number of hydrogen-bond donors (Lipinski definition) is 3. The number of aliphatic hydroxyl groups excluding tert-OH is 3. The van der Waals surface area contributed by atoms with Crippen LogP contribution in [0.25, 0.3) is 0 Å². The summed E-state index contributed by atoms with van der Waals surface area (Å²) in [6.45, 7) is -0.729. The van der Waals surface area contributed by atoms with Crippen molar-refractivity contribution in [1.82, 2.24) is 0 Å². The Bertz CT molecular complexity index is 229. The van der Waals surface area contributed by atoms with E-state index in [1.807, 2.05) is 0 Å². The van der Waals surface area contributed by atoms with Crippen LogP contribution in [0.4, 0.5) is 0 Å². The molecule has 0 unspecified atom stereocenters. The van der Waals surface area contributed by atoms with Gasteiger partial charge in [0, 0.05) is 0 Å². The van der Waals surface area contributed by atoms with Crippen molar-refractivity contribution in [3.63, 3.8) is 0 Å². The van der Waals surface area contributed by atoms with E-state index < -0.39 is 21.7 Å². The van der Waals surface area contributed by atoms with Crippen LogP contribution in [0, 0.1) is 0 Å². The van der Waals surface area contributed by atoms with Crippen molar-refractivity contribution >= 4 is 15.6 Å². The van der Waals surface area contributed by atoms with Crippen LogP contribution in [0.2, 0.25) is 0 Å². The second-order valence-corrected chi connectivity index (χ2v) is 4.44. The molecule has 0 aliphatic heterocycles. The first-order valence-corrected chi connectivity index (χ1v) is 6.09. The minimum Gasteiger partial charge on any atom is -0.790 e. The van der Waals surface area contributed by atoms with Crippen molar-refractivity contribution in [3.05, 3.63) is 0 Å². The van der Waals surface area contributed by atoms with E-state index in [4.69, 9.17) is 15.3 Å². The van der Waals surface area contributed by atoms with Crippen LogP contribution in [0.15, 0.2) is 0 Å². The van der Waals surface area contributed by atoms with Crippen molar-refractivity contribution in [2.75, 3.05) is 13.2 Å². The van der Waals surface area contributed by atoms with E-state index in [0.717, 1.165) is 0 Å². The molecule has 0 heterocycles. The van der Waals surface area contributed by atoms with Gasteiger partial charge in [0.05, 0.1) is 28.9 Å². The van der Waals surface area contributed by atoms with Crippen LogP contribution in [-0.4, -0.2) is 34.6 Å². The second-order valence-electron chi connectivity index (χ2n) is 2.00. The monoisotopic (exact) mass is 422 g/mol. The van der Waals surface area contributed by atoms with Gasteiger partial charge in [0.15, 0.2) is 0 Å². The smallest absolute Gasteiger partial charge is 0.790 e. The van der Waals surface area contributed by atoms with Gasteiger partial charge in [-0.15, -0.1) is 0 Å². The van der Waals surface area contributed by atoms with Crippen LogP contribution in [0.1, 0.15) is 0 Å². The summed E-state index contributed by atoms with van der Waals surface area (Å²) in [6.07, 6.45) is -0.954. The molecule has 0 amide bonds. The molecule has 0 aromatic heterocycles.